The number of rotatable bonds is 2. The monoisotopic (exact) mass is 443 g/mol. The normalized spacial score (nSPS) is 28.0. The van der Waals surface area contributed by atoms with E-state index in [4.69, 9.17) is 4.74 Å². The van der Waals surface area contributed by atoms with E-state index in [1.807, 2.05) is 48.5 Å². The first-order chi connectivity index (χ1) is 12.9. The van der Waals surface area contributed by atoms with Gasteiger partial charge in [-0.15, -0.1) is 0 Å². The third kappa shape index (κ3) is 2.53. The Bertz CT molecular complexity index is 880. The van der Waals surface area contributed by atoms with Crippen LogP contribution in [0.3, 0.4) is 0 Å². The summed E-state index contributed by atoms with van der Waals surface area (Å²) in [7, 11) is 4.49. The molecule has 2 heterocycles. The molecule has 0 saturated carbocycles. The van der Waals surface area contributed by atoms with Crippen LogP contribution >= 0.6 is 0 Å². The molecular formula is C23H26BrNO3. The predicted octanol–water partition coefficient (Wildman–Crippen LogP) is 0.220. The summed E-state index contributed by atoms with van der Waals surface area (Å²) in [6.45, 7) is 0. The second-order valence-electron chi connectivity index (χ2n) is 8.76. The molecule has 0 aromatic heterocycles. The number of halogens is 1. The zero-order valence-electron chi connectivity index (χ0n) is 16.3. The van der Waals surface area contributed by atoms with E-state index in [-0.39, 0.29) is 23.1 Å². The first-order valence-corrected chi connectivity index (χ1v) is 9.90. The van der Waals surface area contributed by atoms with Crippen molar-refractivity contribution in [2.75, 3.05) is 14.1 Å². The molecule has 4 nitrogen and oxygen atoms in total. The Kier molecular flexibility index (Phi) is 4.68. The highest BCUT2D eigenvalue weighted by Gasteiger charge is 2.56. The van der Waals surface area contributed by atoms with Gasteiger partial charge in [0, 0.05) is 24.0 Å². The number of piperidine rings is 1. The average molecular weight is 444 g/mol. The van der Waals surface area contributed by atoms with E-state index >= 15 is 0 Å². The van der Waals surface area contributed by atoms with Crippen molar-refractivity contribution in [1.29, 1.82) is 0 Å². The lowest BCUT2D eigenvalue weighted by atomic mass is 9.91. The number of aliphatic hydroxyl groups is 1. The highest BCUT2D eigenvalue weighted by atomic mass is 79.9. The molecule has 2 saturated heterocycles. The molecule has 3 aliphatic rings. The topological polar surface area (TPSA) is 46.5 Å². The largest absolute Gasteiger partial charge is 1.00 e. The molecular weight excluding hydrogens is 418 g/mol. The van der Waals surface area contributed by atoms with Crippen LogP contribution in [0.4, 0.5) is 0 Å². The molecule has 0 spiro atoms. The van der Waals surface area contributed by atoms with Gasteiger partial charge in [0.15, 0.2) is 6.10 Å². The van der Waals surface area contributed by atoms with E-state index in [1.54, 1.807) is 0 Å². The number of esters is 1. The molecule has 3 atom stereocenters. The van der Waals surface area contributed by atoms with Crippen LogP contribution in [0.5, 0.6) is 0 Å². The Balaban J connectivity index is 0.00000192. The second-order valence-corrected chi connectivity index (χ2v) is 8.76. The smallest absolute Gasteiger partial charge is 0.348 e. The number of carbonyl (C=O) groups is 1. The van der Waals surface area contributed by atoms with Gasteiger partial charge in [-0.05, 0) is 24.0 Å². The van der Waals surface area contributed by atoms with Gasteiger partial charge in [0.1, 0.15) is 6.04 Å². The standard InChI is InChI=1S/C23H26NO3.BrH/c1-24(2)15-8-7-13-20(24)21(14-15)27-22(25)23(26)18-11-5-3-9-16(18)17-10-4-6-12-19(17)23;/h3-6,9-12,15,20-21,26H,7-8,13-14H2,1-2H3;1H/q+1;/p-1/t15?,20?,21-;/m0./s1. The number of benzene rings is 2. The first-order valence-electron chi connectivity index (χ1n) is 9.90. The summed E-state index contributed by atoms with van der Waals surface area (Å²) in [6.07, 6.45) is 4.23. The lowest BCUT2D eigenvalue weighted by molar-refractivity contribution is -0.931. The van der Waals surface area contributed by atoms with Gasteiger partial charge in [-0.2, -0.15) is 0 Å². The van der Waals surface area contributed by atoms with Crippen molar-refractivity contribution >= 4 is 5.97 Å². The molecule has 2 aliphatic heterocycles. The molecule has 5 heteroatoms. The quantitative estimate of drug-likeness (QED) is 0.533. The molecule has 148 valence electrons. The molecule has 2 aromatic carbocycles. The maximum atomic E-state index is 13.4. The number of quaternary nitrogens is 1. The molecule has 2 bridgehead atoms. The molecule has 1 aliphatic carbocycles. The zero-order chi connectivity index (χ0) is 18.8. The summed E-state index contributed by atoms with van der Waals surface area (Å²) in [6, 6.07) is 16.1. The number of fused-ring (bicyclic) bond motifs is 5. The summed E-state index contributed by atoms with van der Waals surface area (Å²) in [5, 5.41) is 11.6. The van der Waals surface area contributed by atoms with E-state index in [0.29, 0.717) is 23.2 Å². The number of carbonyl (C=O) groups excluding carboxylic acids is 1. The van der Waals surface area contributed by atoms with Crippen LogP contribution in [0.25, 0.3) is 11.1 Å². The fraction of sp³-hybridized carbons (Fsp3) is 0.435. The minimum atomic E-state index is -1.72. The van der Waals surface area contributed by atoms with Crippen LogP contribution in [-0.4, -0.2) is 47.8 Å². The van der Waals surface area contributed by atoms with Gasteiger partial charge in [0.05, 0.1) is 20.1 Å². The van der Waals surface area contributed by atoms with Gasteiger partial charge >= 0.3 is 5.97 Å². The lowest BCUT2D eigenvalue weighted by Gasteiger charge is -2.41. The number of hydrogen-bond donors (Lipinski definition) is 1. The van der Waals surface area contributed by atoms with Gasteiger partial charge in [-0.25, -0.2) is 4.79 Å². The average Bonchev–Trinajstić information content (AvgIpc) is 2.94. The number of ether oxygens (including phenoxy) is 1. The Hall–Kier alpha value is -1.69. The SMILES string of the molecule is C[N+]1(C)C2CCCC1[C@@H](OC(=O)C1(O)c3ccccc3-c3ccccc31)C2.[Br-]. The minimum Gasteiger partial charge on any atom is -1.00 e. The van der Waals surface area contributed by atoms with Crippen LogP contribution in [0.15, 0.2) is 48.5 Å². The second kappa shape index (κ2) is 6.68. The van der Waals surface area contributed by atoms with Crippen molar-refractivity contribution in [3.8, 4) is 11.1 Å². The summed E-state index contributed by atoms with van der Waals surface area (Å²) < 4.78 is 6.98. The Labute approximate surface area is 176 Å². The van der Waals surface area contributed by atoms with E-state index in [0.717, 1.165) is 28.5 Å². The van der Waals surface area contributed by atoms with Crippen molar-refractivity contribution < 1.29 is 36.1 Å². The number of hydrogen-bond acceptors (Lipinski definition) is 3. The van der Waals surface area contributed by atoms with Gasteiger partial charge in [-0.1, -0.05) is 48.5 Å². The summed E-state index contributed by atoms with van der Waals surface area (Å²) in [4.78, 5) is 13.4. The van der Waals surface area contributed by atoms with E-state index in [2.05, 4.69) is 14.1 Å². The fourth-order valence-electron chi connectivity index (χ4n) is 5.71. The van der Waals surface area contributed by atoms with Gasteiger partial charge in [0.25, 0.3) is 0 Å². The van der Waals surface area contributed by atoms with E-state index < -0.39 is 11.6 Å². The van der Waals surface area contributed by atoms with Gasteiger partial charge in [0.2, 0.25) is 5.60 Å². The maximum Gasteiger partial charge on any atom is 0.348 e. The Morgan fingerprint density at radius 2 is 1.61 bits per heavy atom. The van der Waals surface area contributed by atoms with Crippen molar-refractivity contribution in [1.82, 2.24) is 0 Å². The highest BCUT2D eigenvalue weighted by Crippen LogP contribution is 2.49. The Morgan fingerprint density at radius 3 is 2.18 bits per heavy atom. The number of nitrogens with zero attached hydrogens (tertiary/aromatic N) is 1. The molecule has 0 amide bonds. The highest BCUT2D eigenvalue weighted by molar-refractivity contribution is 5.96. The van der Waals surface area contributed by atoms with Gasteiger partial charge in [-0.3, -0.25) is 0 Å². The number of likely N-dealkylation sites (N-methyl/N-ethyl adjacent to an activating group) is 1. The summed E-state index contributed by atoms with van der Waals surface area (Å²) in [5.74, 6) is -0.530. The van der Waals surface area contributed by atoms with Crippen molar-refractivity contribution in [3.63, 3.8) is 0 Å². The molecule has 2 aromatic rings. The Morgan fingerprint density at radius 1 is 1.04 bits per heavy atom. The van der Waals surface area contributed by atoms with Crippen LogP contribution < -0.4 is 17.0 Å². The van der Waals surface area contributed by atoms with Crippen LogP contribution in [-0.2, 0) is 15.1 Å². The summed E-state index contributed by atoms with van der Waals surface area (Å²) in [5.41, 5.74) is 1.36. The molecule has 1 N–H and O–H groups in total. The van der Waals surface area contributed by atoms with Crippen LogP contribution in [0.2, 0.25) is 0 Å². The predicted molar refractivity (Wildman–Crippen MR) is 103 cm³/mol. The van der Waals surface area contributed by atoms with Crippen molar-refractivity contribution in [3.05, 3.63) is 59.7 Å². The van der Waals surface area contributed by atoms with E-state index in [9.17, 15) is 9.90 Å². The first kappa shape index (κ1) is 19.6. The molecule has 0 radical (unpaired) electrons. The maximum absolute atomic E-state index is 13.4. The molecule has 28 heavy (non-hydrogen) atoms. The van der Waals surface area contributed by atoms with E-state index in [1.165, 1.54) is 12.8 Å². The van der Waals surface area contributed by atoms with Crippen LogP contribution in [0.1, 0.15) is 36.8 Å². The third-order valence-corrected chi connectivity index (χ3v) is 7.24. The molecule has 5 rings (SSSR count). The lowest BCUT2D eigenvalue weighted by Crippen LogP contribution is -3.00. The van der Waals surface area contributed by atoms with Crippen LogP contribution in [0, 0.1) is 0 Å². The third-order valence-electron chi connectivity index (χ3n) is 7.24. The molecule has 2 fully saturated rings. The fourth-order valence-corrected chi connectivity index (χ4v) is 5.71. The van der Waals surface area contributed by atoms with Crippen molar-refractivity contribution in [2.24, 2.45) is 0 Å². The minimum absolute atomic E-state index is 0. The van der Waals surface area contributed by atoms with Crippen molar-refractivity contribution in [2.45, 2.75) is 49.5 Å². The molecule has 2 unspecified atom stereocenters. The zero-order valence-corrected chi connectivity index (χ0v) is 17.9. The van der Waals surface area contributed by atoms with Gasteiger partial charge < -0.3 is 31.3 Å². The summed E-state index contributed by atoms with van der Waals surface area (Å²) >= 11 is 0.